The number of carbonyl (C=O) groups excluding carboxylic acids is 1. The first kappa shape index (κ1) is 18.5. The van der Waals surface area contributed by atoms with E-state index in [9.17, 15) is 10.1 Å². The average molecular weight is 327 g/mol. The number of aryl methyl sites for hydroxylation is 1. The van der Waals surface area contributed by atoms with Crippen LogP contribution in [0.4, 0.5) is 0 Å². The van der Waals surface area contributed by atoms with Gasteiger partial charge < -0.3 is 10.6 Å². The molecule has 0 radical (unpaired) electrons. The molecule has 1 fully saturated rings. The first-order chi connectivity index (χ1) is 11.4. The number of carbonyl (C=O) groups is 1. The fraction of sp³-hybridized carbons (Fsp3) is 0.600. The third-order valence-corrected chi connectivity index (χ3v) is 4.92. The van der Waals surface area contributed by atoms with Crippen molar-refractivity contribution in [3.63, 3.8) is 0 Å². The van der Waals surface area contributed by atoms with Gasteiger partial charge in [-0.05, 0) is 49.1 Å². The smallest absolute Gasteiger partial charge is 0.235 e. The van der Waals surface area contributed by atoms with Crippen LogP contribution in [0.1, 0.15) is 57.7 Å². The Hall–Kier alpha value is -1.86. The molecular formula is C20H29N3O. The molecule has 0 aromatic heterocycles. The van der Waals surface area contributed by atoms with Crippen molar-refractivity contribution >= 4 is 5.91 Å². The monoisotopic (exact) mass is 327 g/mol. The number of nitrogens with zero attached hydrogens (tertiary/aromatic N) is 1. The lowest BCUT2D eigenvalue weighted by molar-refractivity contribution is -0.121. The van der Waals surface area contributed by atoms with E-state index in [1.54, 1.807) is 0 Å². The van der Waals surface area contributed by atoms with Crippen LogP contribution in [0.15, 0.2) is 24.3 Å². The van der Waals surface area contributed by atoms with E-state index in [1.807, 2.05) is 6.92 Å². The molecule has 0 unspecified atom stereocenters. The summed E-state index contributed by atoms with van der Waals surface area (Å²) in [6, 6.07) is 11.0. The van der Waals surface area contributed by atoms with Gasteiger partial charge in [-0.15, -0.1) is 0 Å². The second kappa shape index (κ2) is 7.81. The zero-order valence-corrected chi connectivity index (χ0v) is 15.2. The molecule has 130 valence electrons. The summed E-state index contributed by atoms with van der Waals surface area (Å²) in [5.74, 6) is 0.562. The largest absolute Gasteiger partial charge is 0.337 e. The molecule has 1 aliphatic carbocycles. The summed E-state index contributed by atoms with van der Waals surface area (Å²) in [5.41, 5.74) is 1.78. The molecule has 1 aliphatic rings. The fourth-order valence-corrected chi connectivity index (χ4v) is 3.12. The van der Waals surface area contributed by atoms with Crippen LogP contribution in [0, 0.1) is 23.2 Å². The minimum absolute atomic E-state index is 0.109. The van der Waals surface area contributed by atoms with Crippen LogP contribution >= 0.6 is 0 Å². The standard InChI is InChI=1S/C20H29N3O/c1-5-15-6-8-16(9-7-15)19(14(2)3)22-12-18(24)23-20(4,13-21)17-10-11-17/h6-9,14,17,19,22H,5,10-12H2,1-4H3,(H,23,24)/t19-,20-/m1/s1. The molecule has 1 amide bonds. The van der Waals surface area contributed by atoms with Crippen LogP contribution in [0.3, 0.4) is 0 Å². The molecule has 0 aliphatic heterocycles. The van der Waals surface area contributed by atoms with Crippen LogP contribution in [0.25, 0.3) is 0 Å². The van der Waals surface area contributed by atoms with Crippen molar-refractivity contribution in [3.8, 4) is 6.07 Å². The molecule has 2 atom stereocenters. The molecule has 0 bridgehead atoms. The first-order valence-electron chi connectivity index (χ1n) is 8.94. The third-order valence-electron chi connectivity index (χ3n) is 4.92. The SMILES string of the molecule is CCc1ccc([C@H](NCC(=O)N[C@](C)(C#N)C2CC2)C(C)C)cc1. The van der Waals surface area contributed by atoms with E-state index in [4.69, 9.17) is 0 Å². The lowest BCUT2D eigenvalue weighted by atomic mass is 9.94. The van der Waals surface area contributed by atoms with Gasteiger partial charge >= 0.3 is 0 Å². The van der Waals surface area contributed by atoms with Gasteiger partial charge in [-0.2, -0.15) is 5.26 Å². The van der Waals surface area contributed by atoms with Gasteiger partial charge in [0.15, 0.2) is 0 Å². The molecule has 2 N–H and O–H groups in total. The van der Waals surface area contributed by atoms with Crippen molar-refractivity contribution in [2.24, 2.45) is 11.8 Å². The van der Waals surface area contributed by atoms with Gasteiger partial charge in [0.1, 0.15) is 5.54 Å². The minimum atomic E-state index is -0.727. The summed E-state index contributed by atoms with van der Waals surface area (Å²) in [6.07, 6.45) is 3.07. The minimum Gasteiger partial charge on any atom is -0.337 e. The topological polar surface area (TPSA) is 64.9 Å². The van der Waals surface area contributed by atoms with Crippen molar-refractivity contribution in [1.82, 2.24) is 10.6 Å². The third kappa shape index (κ3) is 4.58. The van der Waals surface area contributed by atoms with Crippen molar-refractivity contribution < 1.29 is 4.79 Å². The number of nitrogens with one attached hydrogen (secondary N) is 2. The summed E-state index contributed by atoms with van der Waals surface area (Å²) >= 11 is 0. The van der Waals surface area contributed by atoms with E-state index in [0.29, 0.717) is 11.8 Å². The molecule has 1 aromatic rings. The van der Waals surface area contributed by atoms with Crippen molar-refractivity contribution in [2.75, 3.05) is 6.54 Å². The molecule has 4 nitrogen and oxygen atoms in total. The van der Waals surface area contributed by atoms with Gasteiger partial charge in [0.05, 0.1) is 12.6 Å². The van der Waals surface area contributed by atoms with E-state index < -0.39 is 5.54 Å². The molecule has 0 spiro atoms. The predicted molar refractivity (Wildman–Crippen MR) is 96.3 cm³/mol. The van der Waals surface area contributed by atoms with Gasteiger partial charge in [0.25, 0.3) is 0 Å². The van der Waals surface area contributed by atoms with Crippen molar-refractivity contribution in [2.45, 2.75) is 58.5 Å². The Bertz CT molecular complexity index is 598. The quantitative estimate of drug-likeness (QED) is 0.769. The van der Waals surface area contributed by atoms with Crippen molar-refractivity contribution in [3.05, 3.63) is 35.4 Å². The highest BCUT2D eigenvalue weighted by atomic mass is 16.2. The Morgan fingerprint density at radius 3 is 2.42 bits per heavy atom. The summed E-state index contributed by atoms with van der Waals surface area (Å²) < 4.78 is 0. The molecule has 0 saturated heterocycles. The van der Waals surface area contributed by atoms with Crippen LogP contribution in [-0.4, -0.2) is 18.0 Å². The number of amides is 1. The maximum absolute atomic E-state index is 12.3. The maximum atomic E-state index is 12.3. The molecular weight excluding hydrogens is 298 g/mol. The van der Waals surface area contributed by atoms with Gasteiger partial charge in [-0.1, -0.05) is 45.0 Å². The normalized spacial score (nSPS) is 17.8. The highest BCUT2D eigenvalue weighted by molar-refractivity contribution is 5.79. The summed E-state index contributed by atoms with van der Waals surface area (Å²) in [5, 5.41) is 15.6. The second-order valence-corrected chi connectivity index (χ2v) is 7.33. The highest BCUT2D eigenvalue weighted by Gasteiger charge is 2.42. The van der Waals surface area contributed by atoms with Crippen LogP contribution < -0.4 is 10.6 Å². The Balaban J connectivity index is 1.95. The summed E-state index contributed by atoms with van der Waals surface area (Å²) in [4.78, 5) is 12.3. The lowest BCUT2D eigenvalue weighted by Gasteiger charge is -2.26. The highest BCUT2D eigenvalue weighted by Crippen LogP contribution is 2.39. The Morgan fingerprint density at radius 1 is 1.33 bits per heavy atom. The number of nitriles is 1. The number of benzene rings is 1. The second-order valence-electron chi connectivity index (χ2n) is 7.33. The Kier molecular flexibility index (Phi) is 6.01. The van der Waals surface area contributed by atoms with Crippen molar-refractivity contribution in [1.29, 1.82) is 5.26 Å². The fourth-order valence-electron chi connectivity index (χ4n) is 3.12. The lowest BCUT2D eigenvalue weighted by Crippen LogP contribution is -2.50. The number of rotatable bonds is 8. The molecule has 2 rings (SSSR count). The van der Waals surface area contributed by atoms with E-state index in [1.165, 1.54) is 11.1 Å². The summed E-state index contributed by atoms with van der Waals surface area (Å²) in [6.45, 7) is 8.48. The number of hydrogen-bond acceptors (Lipinski definition) is 3. The van der Waals surface area contributed by atoms with Gasteiger partial charge in [-0.25, -0.2) is 0 Å². The van der Waals surface area contributed by atoms with E-state index in [-0.39, 0.29) is 18.5 Å². The number of hydrogen-bond donors (Lipinski definition) is 2. The predicted octanol–water partition coefficient (Wildman–Crippen LogP) is 3.34. The van der Waals surface area contributed by atoms with E-state index in [0.717, 1.165) is 19.3 Å². The average Bonchev–Trinajstić information content (AvgIpc) is 3.40. The van der Waals surface area contributed by atoms with Crippen LogP contribution in [-0.2, 0) is 11.2 Å². The first-order valence-corrected chi connectivity index (χ1v) is 8.94. The van der Waals surface area contributed by atoms with Crippen LogP contribution in [0.5, 0.6) is 0 Å². The Labute approximate surface area is 145 Å². The molecule has 4 heteroatoms. The molecule has 24 heavy (non-hydrogen) atoms. The molecule has 0 heterocycles. The van der Waals surface area contributed by atoms with Crippen LogP contribution in [0.2, 0.25) is 0 Å². The zero-order valence-electron chi connectivity index (χ0n) is 15.2. The van der Waals surface area contributed by atoms with Gasteiger partial charge in [0.2, 0.25) is 5.91 Å². The zero-order chi connectivity index (χ0) is 17.7. The van der Waals surface area contributed by atoms with E-state index in [2.05, 4.69) is 61.7 Å². The van der Waals surface area contributed by atoms with Gasteiger partial charge in [-0.3, -0.25) is 4.79 Å². The Morgan fingerprint density at radius 2 is 1.96 bits per heavy atom. The molecule has 1 saturated carbocycles. The van der Waals surface area contributed by atoms with Gasteiger partial charge in [0, 0.05) is 6.04 Å². The maximum Gasteiger partial charge on any atom is 0.235 e. The molecule has 1 aromatic carbocycles. The summed E-state index contributed by atoms with van der Waals surface area (Å²) in [7, 11) is 0. The van der Waals surface area contributed by atoms with E-state index >= 15 is 0 Å².